The number of rotatable bonds is 11. The van der Waals surface area contributed by atoms with Gasteiger partial charge in [0.2, 0.25) is 11.8 Å². The smallest absolute Gasteiger partial charge is 0.404 e. The molecule has 4 amide bonds. The molecule has 3 aromatic carbocycles. The molecule has 14 nitrogen and oxygen atoms in total. The van der Waals surface area contributed by atoms with Gasteiger partial charge in [-0.2, -0.15) is 0 Å². The van der Waals surface area contributed by atoms with Crippen molar-refractivity contribution in [1.82, 2.24) is 25.1 Å². The summed E-state index contributed by atoms with van der Waals surface area (Å²) in [4.78, 5) is 78.6. The number of fused-ring (bicyclic) bond motifs is 2. The molecule has 15 heteroatoms. The molecular weight excluding hydrogens is 675 g/mol. The molecule has 3 aliphatic rings. The Morgan fingerprint density at radius 1 is 1.00 bits per heavy atom. The van der Waals surface area contributed by atoms with Gasteiger partial charge < -0.3 is 24.5 Å². The zero-order valence-electron chi connectivity index (χ0n) is 28.4. The van der Waals surface area contributed by atoms with Crippen LogP contribution in [-0.2, 0) is 38.5 Å². The Morgan fingerprint density at radius 2 is 1.73 bits per heavy atom. The number of urea groups is 1. The van der Waals surface area contributed by atoms with Gasteiger partial charge in [0.05, 0.1) is 19.0 Å². The van der Waals surface area contributed by atoms with Crippen LogP contribution < -0.4 is 14.7 Å². The molecular formula is C36H41N6O8P. The number of hydrogen-bond donors (Lipinski definition) is 3. The minimum atomic E-state index is -4.78. The summed E-state index contributed by atoms with van der Waals surface area (Å²) in [6.07, 6.45) is 0.800. The highest BCUT2D eigenvalue weighted by Gasteiger charge is 2.51. The summed E-state index contributed by atoms with van der Waals surface area (Å²) in [5, 5.41) is 6.11. The van der Waals surface area contributed by atoms with Crippen molar-refractivity contribution in [2.75, 3.05) is 38.1 Å². The van der Waals surface area contributed by atoms with Crippen LogP contribution in [0.5, 0.6) is 5.75 Å². The minimum absolute atomic E-state index is 0.0199. The number of phosphoric ester groups is 1. The fourth-order valence-electron chi connectivity index (χ4n) is 7.25. The number of nitrogens with one attached hydrogen (secondary N) is 1. The summed E-state index contributed by atoms with van der Waals surface area (Å²) in [5.74, 6) is -0.936. The summed E-state index contributed by atoms with van der Waals surface area (Å²) >= 11 is 0. The van der Waals surface area contributed by atoms with Gasteiger partial charge in [-0.1, -0.05) is 66.7 Å². The third-order valence-corrected chi connectivity index (χ3v) is 9.91. The van der Waals surface area contributed by atoms with Gasteiger partial charge in [0.1, 0.15) is 23.7 Å². The maximum atomic E-state index is 14.5. The van der Waals surface area contributed by atoms with Gasteiger partial charge in [0.25, 0.3) is 0 Å². The van der Waals surface area contributed by atoms with Crippen molar-refractivity contribution < 1.29 is 38.1 Å². The maximum Gasteiger partial charge on any atom is 0.524 e. The second-order valence-electron chi connectivity index (χ2n) is 13.0. The van der Waals surface area contributed by atoms with Crippen molar-refractivity contribution in [3.05, 3.63) is 108 Å². The molecule has 0 aromatic heterocycles. The van der Waals surface area contributed by atoms with E-state index in [2.05, 4.69) is 16.4 Å². The van der Waals surface area contributed by atoms with E-state index in [9.17, 15) is 33.5 Å². The lowest BCUT2D eigenvalue weighted by Crippen LogP contribution is -2.76. The van der Waals surface area contributed by atoms with E-state index in [0.717, 1.165) is 22.4 Å². The highest BCUT2D eigenvalue weighted by Crippen LogP contribution is 2.40. The number of amides is 4. The Kier molecular flexibility index (Phi) is 10.3. The molecule has 2 saturated heterocycles. The molecule has 1 unspecified atom stereocenters. The van der Waals surface area contributed by atoms with Crippen LogP contribution in [0.4, 0.5) is 10.5 Å². The van der Waals surface area contributed by atoms with Crippen LogP contribution in [0.15, 0.2) is 85.5 Å². The van der Waals surface area contributed by atoms with Crippen molar-refractivity contribution in [2.24, 2.45) is 0 Å². The van der Waals surface area contributed by atoms with Crippen molar-refractivity contribution in [3.8, 4) is 5.75 Å². The van der Waals surface area contributed by atoms with Gasteiger partial charge >= 0.3 is 13.9 Å². The number of benzene rings is 3. The van der Waals surface area contributed by atoms with Crippen LogP contribution in [0.1, 0.15) is 35.1 Å². The van der Waals surface area contributed by atoms with E-state index in [1.807, 2.05) is 60.5 Å². The highest BCUT2D eigenvalue weighted by molar-refractivity contribution is 7.46. The second kappa shape index (κ2) is 14.7. The Morgan fingerprint density at radius 3 is 2.39 bits per heavy atom. The largest absolute Gasteiger partial charge is 0.524 e. The number of phosphoric acid groups is 1. The topological polar surface area (TPSA) is 163 Å². The number of anilines is 1. The SMILES string of the molecule is C=CCN1CC(=O)N2[C@@H](Cc3ccc(OP(=O)(O)O)cc3)C(=O)N(Cc3cccc4c3N(C)CC4C(C)=O)C[C@@H]2N1C(=O)NCc1ccccc1. The van der Waals surface area contributed by atoms with Gasteiger partial charge in [-0.25, -0.2) is 19.4 Å². The number of ketones is 1. The van der Waals surface area contributed by atoms with Gasteiger partial charge in [-0.3, -0.25) is 24.2 Å². The van der Waals surface area contributed by atoms with Gasteiger partial charge in [0.15, 0.2) is 0 Å². The first kappa shape index (κ1) is 35.8. The van der Waals surface area contributed by atoms with Crippen molar-refractivity contribution in [2.45, 2.75) is 44.6 Å². The van der Waals surface area contributed by atoms with Gasteiger partial charge in [-0.05, 0) is 41.3 Å². The average Bonchev–Trinajstić information content (AvgIpc) is 3.43. The molecule has 2 fully saturated rings. The van der Waals surface area contributed by atoms with Crippen LogP contribution in [0, 0.1) is 0 Å². The molecule has 3 N–H and O–H groups in total. The molecule has 51 heavy (non-hydrogen) atoms. The highest BCUT2D eigenvalue weighted by atomic mass is 31.2. The summed E-state index contributed by atoms with van der Waals surface area (Å²) in [6.45, 7) is 6.41. The minimum Gasteiger partial charge on any atom is -0.404 e. The van der Waals surface area contributed by atoms with Crippen molar-refractivity contribution in [1.29, 1.82) is 0 Å². The molecule has 0 bridgehead atoms. The number of hydrogen-bond acceptors (Lipinski definition) is 8. The first-order valence-electron chi connectivity index (χ1n) is 16.6. The molecule has 0 spiro atoms. The first-order valence-corrected chi connectivity index (χ1v) is 18.1. The number of nitrogens with zero attached hydrogens (tertiary/aromatic N) is 5. The normalized spacial score (nSPS) is 20.6. The van der Waals surface area contributed by atoms with E-state index < -0.39 is 26.1 Å². The number of carbonyl (C=O) groups is 4. The fraction of sp³-hybridized carbons (Fsp3) is 0.333. The van der Waals surface area contributed by atoms with Crippen molar-refractivity contribution in [3.63, 3.8) is 0 Å². The molecule has 3 atom stereocenters. The predicted molar refractivity (Wildman–Crippen MR) is 188 cm³/mol. The molecule has 0 radical (unpaired) electrons. The Balaban J connectivity index is 1.36. The number of Topliss-reactive ketones (excluding diaryl/α,β-unsaturated/α-hetero) is 1. The summed E-state index contributed by atoms with van der Waals surface area (Å²) in [6, 6.07) is 19.6. The number of piperazine rings is 1. The lowest BCUT2D eigenvalue weighted by molar-refractivity contribution is -0.189. The fourth-order valence-corrected chi connectivity index (χ4v) is 7.64. The quantitative estimate of drug-likeness (QED) is 0.199. The molecule has 6 rings (SSSR count). The Hall–Kier alpha value is -5.01. The molecule has 3 aliphatic heterocycles. The van der Waals surface area contributed by atoms with Crippen LogP contribution in [0.3, 0.4) is 0 Å². The number of likely N-dealkylation sites (N-methyl/N-ethyl adjacent to an activating group) is 1. The van der Waals surface area contributed by atoms with E-state index in [-0.39, 0.29) is 68.4 Å². The van der Waals surface area contributed by atoms with E-state index in [4.69, 9.17) is 0 Å². The average molecular weight is 717 g/mol. The third kappa shape index (κ3) is 7.69. The van der Waals surface area contributed by atoms with E-state index in [0.29, 0.717) is 12.1 Å². The number of carbonyl (C=O) groups excluding carboxylic acids is 4. The molecule has 3 aromatic rings. The third-order valence-electron chi connectivity index (χ3n) is 9.46. The zero-order valence-corrected chi connectivity index (χ0v) is 29.3. The van der Waals surface area contributed by atoms with E-state index in [1.54, 1.807) is 35.0 Å². The summed E-state index contributed by atoms with van der Waals surface area (Å²) < 4.78 is 16.1. The first-order chi connectivity index (χ1) is 24.3. The Bertz CT molecular complexity index is 1870. The van der Waals surface area contributed by atoms with Crippen molar-refractivity contribution >= 4 is 37.1 Å². The van der Waals surface area contributed by atoms with Crippen LogP contribution >= 0.6 is 7.82 Å². The van der Waals surface area contributed by atoms with Crippen LogP contribution in [0.25, 0.3) is 0 Å². The lowest BCUT2D eigenvalue weighted by Gasteiger charge is -2.55. The summed E-state index contributed by atoms with van der Waals surface area (Å²) in [5.41, 5.74) is 4.12. The van der Waals surface area contributed by atoms with Gasteiger partial charge in [-0.15, -0.1) is 6.58 Å². The second-order valence-corrected chi connectivity index (χ2v) is 14.1. The molecule has 3 heterocycles. The molecule has 0 saturated carbocycles. The van der Waals surface area contributed by atoms with E-state index in [1.165, 1.54) is 22.0 Å². The lowest BCUT2D eigenvalue weighted by atomic mass is 9.95. The number of para-hydroxylation sites is 1. The summed E-state index contributed by atoms with van der Waals surface area (Å²) in [7, 11) is -2.87. The van der Waals surface area contributed by atoms with Crippen LogP contribution in [-0.4, -0.2) is 98.7 Å². The monoisotopic (exact) mass is 716 g/mol. The molecule has 268 valence electrons. The van der Waals surface area contributed by atoms with Crippen LogP contribution in [0.2, 0.25) is 0 Å². The molecule has 0 aliphatic carbocycles. The van der Waals surface area contributed by atoms with Gasteiger partial charge in [0, 0.05) is 45.3 Å². The standard InChI is InChI=1S/C36H41N6O8P/c1-4-17-40-23-33(44)41-31(18-25-13-15-28(16-14-25)50-51(47,48)49)35(45)39(20-27-11-8-12-29-30(24(2)43)21-38(3)34(27)29)22-32(41)42(40)36(46)37-19-26-9-6-5-7-10-26/h4-16,30-32H,1,17-23H2,2-3H3,(H,37,46)(H2,47,48,49)/t30?,31-,32-/m0/s1. The maximum absolute atomic E-state index is 14.5. The van der Waals surface area contributed by atoms with E-state index >= 15 is 0 Å². The number of hydrazine groups is 1. The predicted octanol–water partition coefficient (Wildman–Crippen LogP) is 3.02. The Labute approximate surface area is 296 Å². The zero-order chi connectivity index (χ0) is 36.4.